The van der Waals surface area contributed by atoms with Crippen LogP contribution in [0.5, 0.6) is 5.75 Å². The fraction of sp³-hybridized carbons (Fsp3) is 0.647. The van der Waals surface area contributed by atoms with E-state index >= 15 is 0 Å². The van der Waals surface area contributed by atoms with Gasteiger partial charge in [0.05, 0.1) is 6.61 Å². The van der Waals surface area contributed by atoms with Crippen LogP contribution < -0.4 is 4.74 Å². The van der Waals surface area contributed by atoms with Crippen LogP contribution in [0.25, 0.3) is 0 Å². The second-order valence-electron chi connectivity index (χ2n) is 5.87. The molecule has 1 aromatic rings. The topological polar surface area (TPSA) is 12.5 Å². The van der Waals surface area contributed by atoms with E-state index in [0.29, 0.717) is 0 Å². The van der Waals surface area contributed by atoms with Gasteiger partial charge in [-0.25, -0.2) is 0 Å². The highest BCUT2D eigenvalue weighted by Gasteiger charge is 2.15. The summed E-state index contributed by atoms with van der Waals surface area (Å²) >= 11 is 0. The van der Waals surface area contributed by atoms with Crippen LogP contribution in [-0.2, 0) is 6.42 Å². The molecule has 0 bridgehead atoms. The molecule has 2 radical (unpaired) electrons. The van der Waals surface area contributed by atoms with Crippen molar-refractivity contribution in [2.24, 2.45) is 5.92 Å². The van der Waals surface area contributed by atoms with Crippen LogP contribution in [0, 0.1) is 5.92 Å². The van der Waals surface area contributed by atoms with E-state index in [0.717, 1.165) is 44.2 Å². The van der Waals surface area contributed by atoms with Crippen LogP contribution in [0.2, 0.25) is 0 Å². The monoisotopic (exact) mass is 271 g/mol. The molecule has 0 aliphatic carbocycles. The Kier molecular flexibility index (Phi) is 6.45. The minimum atomic E-state index is 0.832. The van der Waals surface area contributed by atoms with Gasteiger partial charge in [0.15, 0.2) is 7.98 Å². The summed E-state index contributed by atoms with van der Waals surface area (Å²) < 4.78 is 5.87. The third-order valence-electron chi connectivity index (χ3n) is 4.11. The van der Waals surface area contributed by atoms with Gasteiger partial charge < -0.3 is 9.55 Å². The molecular weight excluding hydrogens is 245 g/mol. The summed E-state index contributed by atoms with van der Waals surface area (Å²) in [6, 6.07) is 8.51. The second kappa shape index (κ2) is 8.36. The van der Waals surface area contributed by atoms with E-state index in [1.54, 1.807) is 0 Å². The Bertz CT molecular complexity index is 388. The largest absolute Gasteiger partial charge is 0.494 e. The summed E-state index contributed by atoms with van der Waals surface area (Å²) in [4.78, 5) is 1.94. The lowest BCUT2D eigenvalue weighted by Gasteiger charge is -2.29. The summed E-state index contributed by atoms with van der Waals surface area (Å²) in [6.07, 6.45) is 7.21. The molecule has 0 unspecified atom stereocenters. The van der Waals surface area contributed by atoms with E-state index in [-0.39, 0.29) is 0 Å². The van der Waals surface area contributed by atoms with E-state index in [2.05, 4.69) is 31.2 Å². The van der Waals surface area contributed by atoms with E-state index in [9.17, 15) is 0 Å². The number of piperidine rings is 1. The van der Waals surface area contributed by atoms with E-state index < -0.39 is 0 Å². The van der Waals surface area contributed by atoms with Crippen molar-refractivity contribution in [3.8, 4) is 5.75 Å². The molecule has 1 aromatic carbocycles. The van der Waals surface area contributed by atoms with Gasteiger partial charge in [-0.1, -0.05) is 25.5 Å². The molecule has 2 rings (SSSR count). The van der Waals surface area contributed by atoms with E-state index in [4.69, 9.17) is 12.7 Å². The molecule has 1 saturated heterocycles. The molecule has 108 valence electrons. The zero-order valence-electron chi connectivity index (χ0n) is 12.7. The molecule has 0 N–H and O–H groups in total. The molecular formula is C17H26BNO. The van der Waals surface area contributed by atoms with Gasteiger partial charge in [-0.3, -0.25) is 0 Å². The fourth-order valence-corrected chi connectivity index (χ4v) is 2.88. The Morgan fingerprint density at radius 1 is 1.30 bits per heavy atom. The van der Waals surface area contributed by atoms with Crippen LogP contribution in [-0.4, -0.2) is 32.5 Å². The lowest BCUT2D eigenvalue weighted by atomic mass is 9.91. The van der Waals surface area contributed by atoms with Gasteiger partial charge in [0.2, 0.25) is 0 Å². The second-order valence-corrected chi connectivity index (χ2v) is 5.87. The lowest BCUT2D eigenvalue weighted by molar-refractivity contribution is 0.242. The Balaban J connectivity index is 1.64. The fourth-order valence-electron chi connectivity index (χ4n) is 2.88. The lowest BCUT2D eigenvalue weighted by Crippen LogP contribution is -2.31. The molecule has 1 fully saturated rings. The number of hydrogen-bond acceptors (Lipinski definition) is 2. The molecule has 1 aliphatic rings. The first kappa shape index (κ1) is 15.4. The highest BCUT2D eigenvalue weighted by molar-refractivity contribution is 6.04. The highest BCUT2D eigenvalue weighted by Crippen LogP contribution is 2.21. The van der Waals surface area contributed by atoms with Crippen LogP contribution >= 0.6 is 0 Å². The number of hydrogen-bond donors (Lipinski definition) is 0. The number of rotatable bonds is 7. The Morgan fingerprint density at radius 3 is 2.85 bits per heavy atom. The van der Waals surface area contributed by atoms with Crippen molar-refractivity contribution in [2.75, 3.05) is 19.7 Å². The first-order valence-corrected chi connectivity index (χ1v) is 7.99. The Morgan fingerprint density at radius 2 is 2.10 bits per heavy atom. The van der Waals surface area contributed by atoms with Crippen molar-refractivity contribution in [1.29, 1.82) is 0 Å². The number of benzene rings is 1. The first-order valence-electron chi connectivity index (χ1n) is 7.99. The maximum Gasteiger partial charge on any atom is 0.182 e. The van der Waals surface area contributed by atoms with Gasteiger partial charge >= 0.3 is 0 Å². The maximum atomic E-state index is 5.87. The zero-order chi connectivity index (χ0) is 14.2. The molecule has 1 heterocycles. The molecule has 20 heavy (non-hydrogen) atoms. The number of aryl methyl sites for hydroxylation is 1. The van der Waals surface area contributed by atoms with E-state index in [1.165, 1.54) is 31.2 Å². The summed E-state index contributed by atoms with van der Waals surface area (Å²) in [5, 5.41) is 0. The van der Waals surface area contributed by atoms with Crippen molar-refractivity contribution in [1.82, 2.24) is 4.81 Å². The summed E-state index contributed by atoms with van der Waals surface area (Å²) in [7, 11) is 5.78. The third kappa shape index (κ3) is 5.20. The molecule has 0 spiro atoms. The zero-order valence-corrected chi connectivity index (χ0v) is 12.7. The molecule has 2 nitrogen and oxygen atoms in total. The van der Waals surface area contributed by atoms with Crippen LogP contribution in [0.15, 0.2) is 24.3 Å². The van der Waals surface area contributed by atoms with Gasteiger partial charge in [-0.05, 0) is 68.8 Å². The van der Waals surface area contributed by atoms with Crippen molar-refractivity contribution in [3.63, 3.8) is 0 Å². The standard InChI is InChI=1S/C17H26BNO/c1-2-5-16-6-3-8-17(14-16)20-13-4-7-15-9-11-19(18)12-10-15/h3,6,8,14-15H,2,4-5,7,9-13H2,1H3. The van der Waals surface area contributed by atoms with Crippen LogP contribution in [0.4, 0.5) is 0 Å². The molecule has 0 aromatic heterocycles. The maximum absolute atomic E-state index is 5.87. The van der Waals surface area contributed by atoms with Gasteiger partial charge in [0.25, 0.3) is 0 Å². The molecule has 0 atom stereocenters. The number of ether oxygens (including phenoxy) is 1. The smallest absolute Gasteiger partial charge is 0.182 e. The van der Waals surface area contributed by atoms with E-state index in [1.807, 2.05) is 4.81 Å². The van der Waals surface area contributed by atoms with Crippen molar-refractivity contribution in [3.05, 3.63) is 29.8 Å². The molecule has 1 aliphatic heterocycles. The number of nitrogens with zero attached hydrogens (tertiary/aromatic N) is 1. The van der Waals surface area contributed by atoms with Crippen molar-refractivity contribution >= 4 is 7.98 Å². The van der Waals surface area contributed by atoms with Crippen LogP contribution in [0.3, 0.4) is 0 Å². The van der Waals surface area contributed by atoms with Gasteiger partial charge in [-0.2, -0.15) is 0 Å². The minimum absolute atomic E-state index is 0.832. The Labute approximate surface area is 124 Å². The summed E-state index contributed by atoms with van der Waals surface area (Å²) in [6.45, 7) is 5.13. The highest BCUT2D eigenvalue weighted by atomic mass is 16.5. The molecule has 0 amide bonds. The first-order chi connectivity index (χ1) is 9.78. The molecule has 3 heteroatoms. The average Bonchev–Trinajstić information content (AvgIpc) is 2.46. The van der Waals surface area contributed by atoms with Crippen LogP contribution in [0.1, 0.15) is 44.6 Å². The van der Waals surface area contributed by atoms with Gasteiger partial charge in [0.1, 0.15) is 5.75 Å². The van der Waals surface area contributed by atoms with Gasteiger partial charge in [-0.15, -0.1) is 0 Å². The summed E-state index contributed by atoms with van der Waals surface area (Å²) in [5.74, 6) is 1.86. The van der Waals surface area contributed by atoms with Crippen molar-refractivity contribution in [2.45, 2.75) is 45.4 Å². The average molecular weight is 271 g/mol. The Hall–Kier alpha value is -0.955. The summed E-state index contributed by atoms with van der Waals surface area (Å²) in [5.41, 5.74) is 1.38. The minimum Gasteiger partial charge on any atom is -0.494 e. The van der Waals surface area contributed by atoms with Gasteiger partial charge in [0, 0.05) is 0 Å². The predicted molar refractivity (Wildman–Crippen MR) is 85.2 cm³/mol. The SMILES string of the molecule is [B]N1CCC(CCCOc2cccc(CCC)c2)CC1. The third-order valence-corrected chi connectivity index (χ3v) is 4.11. The molecule has 0 saturated carbocycles. The van der Waals surface area contributed by atoms with Crippen molar-refractivity contribution < 1.29 is 4.74 Å². The normalized spacial score (nSPS) is 17.2. The quantitative estimate of drug-likeness (QED) is 0.555. The predicted octanol–water partition coefficient (Wildman–Crippen LogP) is 3.59.